The average Bonchev–Trinajstić information content (AvgIpc) is 2.95. The van der Waals surface area contributed by atoms with Crippen LogP contribution < -0.4 is 10.6 Å². The molecule has 1 aliphatic rings. The van der Waals surface area contributed by atoms with Crippen LogP contribution in [0.3, 0.4) is 0 Å². The number of thioether (sulfide) groups is 1. The first-order valence-corrected chi connectivity index (χ1v) is 8.64. The van der Waals surface area contributed by atoms with E-state index in [1.54, 1.807) is 42.5 Å². The van der Waals surface area contributed by atoms with Crippen molar-refractivity contribution in [2.75, 3.05) is 5.32 Å². The molecule has 1 saturated heterocycles. The molecule has 0 aliphatic carbocycles. The summed E-state index contributed by atoms with van der Waals surface area (Å²) in [5.74, 6) is -0.483. The van der Waals surface area contributed by atoms with Crippen LogP contribution >= 0.6 is 11.8 Å². The minimum absolute atomic E-state index is 0.0408. The van der Waals surface area contributed by atoms with Gasteiger partial charge in [-0.05, 0) is 47.7 Å². The van der Waals surface area contributed by atoms with Gasteiger partial charge in [-0.25, -0.2) is 4.99 Å². The van der Waals surface area contributed by atoms with Crippen LogP contribution in [0.4, 0.5) is 17.1 Å². The minimum atomic E-state index is -0.485. The highest BCUT2D eigenvalue weighted by Gasteiger charge is 2.24. The SMILES string of the molecule is CC(=O)Nc1ccc(N=C2NC(=O)C(=Cc3cccc([N+](=O)[O-])c3)S2)cc1. The van der Waals surface area contributed by atoms with Gasteiger partial charge in [0, 0.05) is 24.7 Å². The monoisotopic (exact) mass is 382 g/mol. The van der Waals surface area contributed by atoms with E-state index in [1.165, 1.54) is 19.1 Å². The van der Waals surface area contributed by atoms with E-state index in [2.05, 4.69) is 15.6 Å². The highest BCUT2D eigenvalue weighted by Crippen LogP contribution is 2.29. The Morgan fingerprint density at radius 1 is 1.26 bits per heavy atom. The maximum atomic E-state index is 12.1. The van der Waals surface area contributed by atoms with Gasteiger partial charge in [0.15, 0.2) is 5.17 Å². The lowest BCUT2D eigenvalue weighted by Crippen LogP contribution is -2.19. The van der Waals surface area contributed by atoms with Gasteiger partial charge in [0.25, 0.3) is 11.6 Å². The number of carbonyl (C=O) groups is 2. The molecule has 27 heavy (non-hydrogen) atoms. The Hall–Kier alpha value is -3.46. The van der Waals surface area contributed by atoms with Crippen molar-refractivity contribution >= 4 is 51.9 Å². The molecule has 3 rings (SSSR count). The van der Waals surface area contributed by atoms with Gasteiger partial charge < -0.3 is 10.6 Å². The second kappa shape index (κ2) is 7.83. The minimum Gasteiger partial charge on any atom is -0.326 e. The standard InChI is InChI=1S/C18H14N4O4S/c1-11(23)19-13-5-7-14(8-6-13)20-18-21-17(24)16(27-18)10-12-3-2-4-15(9-12)22(25)26/h2-10H,1H3,(H,19,23)(H,20,21,24). The number of nitrogens with zero attached hydrogens (tertiary/aromatic N) is 2. The molecule has 0 aromatic heterocycles. The first-order valence-electron chi connectivity index (χ1n) is 7.82. The van der Waals surface area contributed by atoms with Crippen LogP contribution in [-0.4, -0.2) is 21.9 Å². The average molecular weight is 382 g/mol. The van der Waals surface area contributed by atoms with E-state index < -0.39 is 4.92 Å². The normalized spacial score (nSPS) is 16.4. The van der Waals surface area contributed by atoms with Crippen molar-refractivity contribution in [1.29, 1.82) is 0 Å². The van der Waals surface area contributed by atoms with Crippen LogP contribution in [0.1, 0.15) is 12.5 Å². The van der Waals surface area contributed by atoms with Crippen molar-refractivity contribution in [3.05, 3.63) is 69.1 Å². The summed E-state index contributed by atoms with van der Waals surface area (Å²) in [4.78, 5) is 38.2. The Morgan fingerprint density at radius 3 is 2.67 bits per heavy atom. The van der Waals surface area contributed by atoms with Crippen molar-refractivity contribution in [2.24, 2.45) is 4.99 Å². The lowest BCUT2D eigenvalue weighted by molar-refractivity contribution is -0.384. The Kier molecular flexibility index (Phi) is 5.32. The molecule has 2 aromatic carbocycles. The zero-order valence-electron chi connectivity index (χ0n) is 14.1. The van der Waals surface area contributed by atoms with Gasteiger partial charge in [0.05, 0.1) is 15.5 Å². The number of amides is 2. The maximum absolute atomic E-state index is 12.1. The summed E-state index contributed by atoms with van der Waals surface area (Å²) in [6.07, 6.45) is 1.58. The molecule has 1 aliphatic heterocycles. The number of nitro groups is 1. The molecular weight excluding hydrogens is 368 g/mol. The number of hydrogen-bond acceptors (Lipinski definition) is 6. The van der Waals surface area contributed by atoms with E-state index in [9.17, 15) is 19.7 Å². The molecule has 0 bridgehead atoms. The number of amidine groups is 1. The highest BCUT2D eigenvalue weighted by atomic mass is 32.2. The Bertz CT molecular complexity index is 983. The molecule has 8 nitrogen and oxygen atoms in total. The predicted molar refractivity (Wildman–Crippen MR) is 105 cm³/mol. The first-order chi connectivity index (χ1) is 12.9. The molecule has 0 saturated carbocycles. The van der Waals surface area contributed by atoms with Crippen molar-refractivity contribution < 1.29 is 14.5 Å². The summed E-state index contributed by atoms with van der Waals surface area (Å²) in [6, 6.07) is 12.9. The number of rotatable bonds is 4. The van der Waals surface area contributed by atoms with E-state index in [0.717, 1.165) is 11.8 Å². The summed E-state index contributed by atoms with van der Waals surface area (Å²) >= 11 is 1.15. The molecule has 2 N–H and O–H groups in total. The van der Waals surface area contributed by atoms with E-state index in [1.807, 2.05) is 0 Å². The van der Waals surface area contributed by atoms with E-state index in [0.29, 0.717) is 27.0 Å². The number of nitro benzene ring substituents is 1. The zero-order chi connectivity index (χ0) is 19.4. The fourth-order valence-corrected chi connectivity index (χ4v) is 3.14. The van der Waals surface area contributed by atoms with E-state index in [-0.39, 0.29) is 17.5 Å². The summed E-state index contributed by atoms with van der Waals surface area (Å²) < 4.78 is 0. The van der Waals surface area contributed by atoms with Gasteiger partial charge in [-0.15, -0.1) is 0 Å². The van der Waals surface area contributed by atoms with E-state index in [4.69, 9.17) is 0 Å². The zero-order valence-corrected chi connectivity index (χ0v) is 14.9. The van der Waals surface area contributed by atoms with E-state index >= 15 is 0 Å². The van der Waals surface area contributed by atoms with Gasteiger partial charge >= 0.3 is 0 Å². The van der Waals surface area contributed by atoms with Gasteiger partial charge in [-0.1, -0.05) is 12.1 Å². The van der Waals surface area contributed by atoms with Gasteiger partial charge in [0.2, 0.25) is 5.91 Å². The molecule has 136 valence electrons. The Balaban J connectivity index is 1.76. The lowest BCUT2D eigenvalue weighted by Gasteiger charge is -2.02. The smallest absolute Gasteiger partial charge is 0.270 e. The summed E-state index contributed by atoms with van der Waals surface area (Å²) in [6.45, 7) is 1.42. The number of carbonyl (C=O) groups excluding carboxylic acids is 2. The highest BCUT2D eigenvalue weighted by molar-refractivity contribution is 8.18. The number of aliphatic imine (C=N–C) groups is 1. The van der Waals surface area contributed by atoms with Crippen molar-refractivity contribution in [3.63, 3.8) is 0 Å². The molecule has 0 spiro atoms. The van der Waals surface area contributed by atoms with Crippen molar-refractivity contribution in [3.8, 4) is 0 Å². The fraction of sp³-hybridized carbons (Fsp3) is 0.0556. The molecule has 2 aromatic rings. The van der Waals surface area contributed by atoms with Crippen LogP contribution in [-0.2, 0) is 9.59 Å². The first kappa shape index (κ1) is 18.3. The largest absolute Gasteiger partial charge is 0.326 e. The topological polar surface area (TPSA) is 114 Å². The van der Waals surface area contributed by atoms with Crippen LogP contribution in [0.25, 0.3) is 6.08 Å². The maximum Gasteiger partial charge on any atom is 0.270 e. The van der Waals surface area contributed by atoms with Crippen molar-refractivity contribution in [2.45, 2.75) is 6.92 Å². The molecule has 0 unspecified atom stereocenters. The van der Waals surface area contributed by atoms with Crippen LogP contribution in [0.2, 0.25) is 0 Å². The van der Waals surface area contributed by atoms with Gasteiger partial charge in [0.1, 0.15) is 0 Å². The van der Waals surface area contributed by atoms with Crippen LogP contribution in [0.15, 0.2) is 58.4 Å². The lowest BCUT2D eigenvalue weighted by atomic mass is 10.2. The number of benzene rings is 2. The summed E-state index contributed by atoms with van der Waals surface area (Å²) in [5, 5.41) is 16.6. The quantitative estimate of drug-likeness (QED) is 0.478. The third-order valence-corrected chi connectivity index (χ3v) is 4.36. The number of nitrogens with one attached hydrogen (secondary N) is 2. The number of anilines is 1. The van der Waals surface area contributed by atoms with Gasteiger partial charge in [-0.2, -0.15) is 0 Å². The molecule has 1 heterocycles. The molecule has 9 heteroatoms. The third kappa shape index (κ3) is 4.79. The molecular formula is C18H14N4O4S. The number of non-ortho nitro benzene ring substituents is 1. The Morgan fingerprint density at radius 2 is 2.00 bits per heavy atom. The Labute approximate surface area is 158 Å². The molecule has 0 radical (unpaired) electrons. The molecule has 2 amide bonds. The predicted octanol–water partition coefficient (Wildman–Crippen LogP) is 3.44. The second-order valence-corrected chi connectivity index (χ2v) is 6.59. The second-order valence-electron chi connectivity index (χ2n) is 5.56. The van der Waals surface area contributed by atoms with Crippen molar-refractivity contribution in [1.82, 2.24) is 5.32 Å². The molecule has 0 atom stereocenters. The molecule has 1 fully saturated rings. The van der Waals surface area contributed by atoms with Crippen LogP contribution in [0.5, 0.6) is 0 Å². The summed E-state index contributed by atoms with van der Waals surface area (Å²) in [7, 11) is 0. The van der Waals surface area contributed by atoms with Gasteiger partial charge in [-0.3, -0.25) is 19.7 Å². The number of hydrogen-bond donors (Lipinski definition) is 2. The van der Waals surface area contributed by atoms with Crippen LogP contribution in [0, 0.1) is 10.1 Å². The fourth-order valence-electron chi connectivity index (χ4n) is 2.30. The summed E-state index contributed by atoms with van der Waals surface area (Å²) in [5.41, 5.74) is 1.79. The third-order valence-electron chi connectivity index (χ3n) is 3.45.